The lowest BCUT2D eigenvalue weighted by atomic mass is 9.83. The van der Waals surface area contributed by atoms with Crippen molar-refractivity contribution in [3.8, 4) is 17.1 Å². The summed E-state index contributed by atoms with van der Waals surface area (Å²) in [5.74, 6) is 0. The number of hydrogen-bond acceptors (Lipinski definition) is 4. The van der Waals surface area contributed by atoms with Crippen LogP contribution in [0.3, 0.4) is 0 Å². The summed E-state index contributed by atoms with van der Waals surface area (Å²) >= 11 is 0. The second kappa shape index (κ2) is 9.97. The molecule has 5 rings (SSSR count). The summed E-state index contributed by atoms with van der Waals surface area (Å²) < 4.78 is 5.15. The van der Waals surface area contributed by atoms with Crippen molar-refractivity contribution >= 4 is 0 Å². The Morgan fingerprint density at radius 2 is 1.45 bits per heavy atom. The van der Waals surface area contributed by atoms with E-state index in [1.54, 1.807) is 7.11 Å². The highest BCUT2D eigenvalue weighted by Crippen LogP contribution is 2.34. The van der Waals surface area contributed by atoms with Crippen LogP contribution < -0.4 is 4.74 Å². The van der Waals surface area contributed by atoms with Gasteiger partial charge in [0.1, 0.15) is 0 Å². The van der Waals surface area contributed by atoms with Crippen molar-refractivity contribution in [1.29, 1.82) is 0 Å². The molecule has 166 valence electrons. The summed E-state index contributed by atoms with van der Waals surface area (Å²) in [6, 6.07) is 29.1. The number of aryl methyl sites for hydroxylation is 1. The molecule has 1 aromatic heterocycles. The van der Waals surface area contributed by atoms with Crippen LogP contribution in [0.25, 0.3) is 11.1 Å². The Labute approximate surface area is 195 Å². The third kappa shape index (κ3) is 4.96. The van der Waals surface area contributed by atoms with Crippen LogP contribution in [0.4, 0.5) is 0 Å². The minimum atomic E-state index is 0.401. The van der Waals surface area contributed by atoms with Gasteiger partial charge in [0.05, 0.1) is 7.11 Å². The average molecular weight is 436 g/mol. The Bertz CT molecular complexity index is 1140. The van der Waals surface area contributed by atoms with Crippen molar-refractivity contribution in [1.82, 2.24) is 14.9 Å². The van der Waals surface area contributed by atoms with E-state index in [0.717, 1.165) is 37.9 Å². The smallest absolute Gasteiger partial charge is 0.316 e. The molecule has 4 nitrogen and oxygen atoms in total. The number of hydrogen-bond donors (Lipinski definition) is 0. The standard InChI is InChI=1S/C29H29N3O/c1-33-29-30-18-25(19-31-29)27-14-8-13-24-15-16-26(17-28(24)27)32(20-22-9-4-2-5-10-22)21-23-11-6-3-7-12-23/h2-14,18-19,26H,15-17,20-21H2,1H3/t26-/m0/s1. The predicted octanol–water partition coefficient (Wildman–Crippen LogP) is 5.71. The second-order valence-corrected chi connectivity index (χ2v) is 8.67. The first-order chi connectivity index (χ1) is 16.3. The molecule has 33 heavy (non-hydrogen) atoms. The van der Waals surface area contributed by atoms with E-state index >= 15 is 0 Å². The number of benzene rings is 3. The van der Waals surface area contributed by atoms with E-state index in [9.17, 15) is 0 Å². The third-order valence-electron chi connectivity index (χ3n) is 6.55. The van der Waals surface area contributed by atoms with E-state index in [1.165, 1.54) is 27.8 Å². The van der Waals surface area contributed by atoms with Gasteiger partial charge in [0.15, 0.2) is 0 Å². The van der Waals surface area contributed by atoms with Gasteiger partial charge in [0.25, 0.3) is 0 Å². The van der Waals surface area contributed by atoms with E-state index in [2.05, 4.69) is 93.7 Å². The highest BCUT2D eigenvalue weighted by atomic mass is 16.5. The molecule has 0 amide bonds. The Kier molecular flexibility index (Phi) is 6.45. The lowest BCUT2D eigenvalue weighted by molar-refractivity contribution is 0.162. The molecule has 0 spiro atoms. The minimum absolute atomic E-state index is 0.401. The van der Waals surface area contributed by atoms with Crippen molar-refractivity contribution in [3.63, 3.8) is 0 Å². The number of fused-ring (bicyclic) bond motifs is 1. The Hall–Kier alpha value is -3.50. The molecule has 3 aromatic carbocycles. The summed E-state index contributed by atoms with van der Waals surface area (Å²) in [4.78, 5) is 11.3. The fourth-order valence-corrected chi connectivity index (χ4v) is 4.86. The number of nitrogens with zero attached hydrogens (tertiary/aromatic N) is 3. The van der Waals surface area contributed by atoms with Crippen LogP contribution in [-0.4, -0.2) is 28.0 Å². The molecular formula is C29H29N3O. The van der Waals surface area contributed by atoms with Crippen molar-refractivity contribution in [2.45, 2.75) is 38.4 Å². The number of methoxy groups -OCH3 is 1. The quantitative estimate of drug-likeness (QED) is 0.373. The van der Waals surface area contributed by atoms with Gasteiger partial charge in [-0.25, -0.2) is 9.97 Å². The zero-order valence-corrected chi connectivity index (χ0v) is 19.0. The summed E-state index contributed by atoms with van der Waals surface area (Å²) in [6.45, 7) is 1.90. The first-order valence-electron chi connectivity index (χ1n) is 11.6. The Morgan fingerprint density at radius 3 is 2.06 bits per heavy atom. The highest BCUT2D eigenvalue weighted by Gasteiger charge is 2.26. The van der Waals surface area contributed by atoms with Gasteiger partial charge >= 0.3 is 6.01 Å². The van der Waals surface area contributed by atoms with Gasteiger partial charge in [-0.05, 0) is 47.1 Å². The van der Waals surface area contributed by atoms with Crippen molar-refractivity contribution in [2.75, 3.05) is 7.11 Å². The highest BCUT2D eigenvalue weighted by molar-refractivity contribution is 5.68. The van der Waals surface area contributed by atoms with Crippen molar-refractivity contribution in [2.24, 2.45) is 0 Å². The lowest BCUT2D eigenvalue weighted by Gasteiger charge is -2.36. The zero-order chi connectivity index (χ0) is 22.5. The average Bonchev–Trinajstić information content (AvgIpc) is 2.89. The lowest BCUT2D eigenvalue weighted by Crippen LogP contribution is -2.38. The summed E-state index contributed by atoms with van der Waals surface area (Å²) in [7, 11) is 1.60. The largest absolute Gasteiger partial charge is 0.467 e. The van der Waals surface area contributed by atoms with Gasteiger partial charge in [-0.3, -0.25) is 4.90 Å². The molecule has 0 saturated heterocycles. The Morgan fingerprint density at radius 1 is 0.818 bits per heavy atom. The fraction of sp³-hybridized carbons (Fsp3) is 0.241. The fourth-order valence-electron chi connectivity index (χ4n) is 4.86. The van der Waals surface area contributed by atoms with E-state index in [0.29, 0.717) is 12.1 Å². The third-order valence-corrected chi connectivity index (χ3v) is 6.55. The maximum atomic E-state index is 5.15. The van der Waals surface area contributed by atoms with Crippen LogP contribution in [0.1, 0.15) is 28.7 Å². The van der Waals surface area contributed by atoms with Gasteiger partial charge < -0.3 is 4.74 Å². The molecule has 0 unspecified atom stereocenters. The van der Waals surface area contributed by atoms with Gasteiger partial charge in [-0.15, -0.1) is 0 Å². The minimum Gasteiger partial charge on any atom is -0.467 e. The first kappa shape index (κ1) is 21.4. The van der Waals surface area contributed by atoms with Crippen LogP contribution in [0, 0.1) is 0 Å². The molecule has 0 aliphatic heterocycles. The topological polar surface area (TPSA) is 38.2 Å². The molecule has 4 heteroatoms. The van der Waals surface area contributed by atoms with Gasteiger partial charge in [-0.2, -0.15) is 0 Å². The van der Waals surface area contributed by atoms with Gasteiger partial charge in [-0.1, -0.05) is 78.9 Å². The molecular weight excluding hydrogens is 406 g/mol. The Balaban J connectivity index is 1.45. The zero-order valence-electron chi connectivity index (χ0n) is 19.0. The van der Waals surface area contributed by atoms with Crippen LogP contribution in [0.15, 0.2) is 91.3 Å². The molecule has 0 bridgehead atoms. The van der Waals surface area contributed by atoms with E-state index in [4.69, 9.17) is 4.74 Å². The SMILES string of the molecule is COc1ncc(-c2cccc3c2C[C@@H](N(Cc2ccccc2)Cc2ccccc2)CC3)cn1. The first-order valence-corrected chi connectivity index (χ1v) is 11.6. The normalized spacial score (nSPS) is 15.3. The monoisotopic (exact) mass is 435 g/mol. The van der Waals surface area contributed by atoms with Crippen LogP contribution in [-0.2, 0) is 25.9 Å². The maximum absolute atomic E-state index is 5.15. The second-order valence-electron chi connectivity index (χ2n) is 8.67. The predicted molar refractivity (Wildman–Crippen MR) is 132 cm³/mol. The van der Waals surface area contributed by atoms with Crippen molar-refractivity contribution < 1.29 is 4.74 Å². The van der Waals surface area contributed by atoms with E-state index < -0.39 is 0 Å². The van der Waals surface area contributed by atoms with Crippen LogP contribution in [0.2, 0.25) is 0 Å². The molecule has 0 radical (unpaired) electrons. The van der Waals surface area contributed by atoms with Crippen LogP contribution in [0.5, 0.6) is 6.01 Å². The molecule has 0 fully saturated rings. The van der Waals surface area contributed by atoms with Gasteiger partial charge in [0.2, 0.25) is 0 Å². The molecule has 1 heterocycles. The van der Waals surface area contributed by atoms with Crippen LogP contribution >= 0.6 is 0 Å². The number of aromatic nitrogens is 2. The molecule has 1 atom stereocenters. The van der Waals surface area contributed by atoms with E-state index in [-0.39, 0.29) is 0 Å². The molecule has 4 aromatic rings. The maximum Gasteiger partial charge on any atom is 0.316 e. The molecule has 0 saturated carbocycles. The molecule has 0 N–H and O–H groups in total. The summed E-state index contributed by atoms with van der Waals surface area (Å²) in [5.41, 5.74) is 7.87. The van der Waals surface area contributed by atoms with Gasteiger partial charge in [0, 0.05) is 37.1 Å². The summed E-state index contributed by atoms with van der Waals surface area (Å²) in [6.07, 6.45) is 7.02. The van der Waals surface area contributed by atoms with E-state index in [1.807, 2.05) is 12.4 Å². The number of ether oxygens (including phenoxy) is 1. The number of rotatable bonds is 7. The van der Waals surface area contributed by atoms with Crippen molar-refractivity contribution in [3.05, 3.63) is 114 Å². The molecule has 1 aliphatic rings. The molecule has 1 aliphatic carbocycles. The summed E-state index contributed by atoms with van der Waals surface area (Å²) in [5, 5.41) is 0.